The Labute approximate surface area is 127 Å². The van der Waals surface area contributed by atoms with Crippen LogP contribution in [0.2, 0.25) is 0 Å². The molecule has 19 heavy (non-hydrogen) atoms. The van der Waals surface area contributed by atoms with Crippen molar-refractivity contribution in [1.29, 1.82) is 0 Å². The summed E-state index contributed by atoms with van der Waals surface area (Å²) in [5.74, 6) is 1.05. The van der Waals surface area contributed by atoms with Crippen molar-refractivity contribution >= 4 is 39.3 Å². The number of amides is 1. The van der Waals surface area contributed by atoms with Crippen molar-refractivity contribution < 1.29 is 4.79 Å². The number of thioether (sulfide) groups is 1. The van der Waals surface area contributed by atoms with Crippen molar-refractivity contribution in [2.24, 2.45) is 0 Å². The first-order chi connectivity index (χ1) is 9.24. The second-order valence-electron chi connectivity index (χ2n) is 4.94. The lowest BCUT2D eigenvalue weighted by atomic mass is 10.0. The summed E-state index contributed by atoms with van der Waals surface area (Å²) in [7, 11) is 0. The molecule has 0 unspecified atom stereocenters. The lowest BCUT2D eigenvalue weighted by Gasteiger charge is -2.20. The van der Waals surface area contributed by atoms with Crippen molar-refractivity contribution in [3.05, 3.63) is 28.7 Å². The molecular formula is C15H20BrNOS. The largest absolute Gasteiger partial charge is 0.326 e. The van der Waals surface area contributed by atoms with Crippen LogP contribution in [0.4, 0.5) is 5.69 Å². The van der Waals surface area contributed by atoms with Crippen LogP contribution in [-0.4, -0.2) is 16.9 Å². The minimum Gasteiger partial charge on any atom is -0.326 e. The lowest BCUT2D eigenvalue weighted by Crippen LogP contribution is -2.14. The first-order valence-electron chi connectivity index (χ1n) is 6.91. The molecule has 1 aliphatic carbocycles. The molecule has 0 atom stereocenters. The van der Waals surface area contributed by atoms with Crippen LogP contribution < -0.4 is 5.32 Å². The third-order valence-corrected chi connectivity index (χ3v) is 5.27. The van der Waals surface area contributed by atoms with Crippen molar-refractivity contribution in [2.45, 2.75) is 43.8 Å². The molecule has 0 saturated heterocycles. The first kappa shape index (κ1) is 14.9. The molecular weight excluding hydrogens is 322 g/mol. The Kier molecular flexibility index (Phi) is 6.24. The highest BCUT2D eigenvalue weighted by atomic mass is 79.9. The first-order valence-corrected chi connectivity index (χ1v) is 8.75. The van der Waals surface area contributed by atoms with E-state index >= 15 is 0 Å². The van der Waals surface area contributed by atoms with Gasteiger partial charge in [0.25, 0.3) is 0 Å². The zero-order valence-electron chi connectivity index (χ0n) is 11.0. The molecule has 0 aliphatic heterocycles. The maximum Gasteiger partial charge on any atom is 0.225 e. The Bertz CT molecular complexity index is 401. The number of carbonyl (C=O) groups is 1. The summed E-state index contributed by atoms with van der Waals surface area (Å²) in [4.78, 5) is 11.8. The fraction of sp³-hybridized carbons (Fsp3) is 0.533. The standard InChI is InChI=1S/C15H20BrNOS/c16-12-6-8-13(9-7-12)17-15(18)10-11-19-14-4-2-1-3-5-14/h6-9,14H,1-5,10-11H2,(H,17,18). The van der Waals surface area contributed by atoms with E-state index in [2.05, 4.69) is 21.2 Å². The summed E-state index contributed by atoms with van der Waals surface area (Å²) in [6.07, 6.45) is 7.39. The second kappa shape index (κ2) is 7.95. The van der Waals surface area contributed by atoms with Gasteiger partial charge in [-0.1, -0.05) is 35.2 Å². The van der Waals surface area contributed by atoms with Crippen molar-refractivity contribution in [2.75, 3.05) is 11.1 Å². The number of benzene rings is 1. The highest BCUT2D eigenvalue weighted by molar-refractivity contribution is 9.10. The molecule has 0 heterocycles. The maximum atomic E-state index is 11.8. The second-order valence-corrected chi connectivity index (χ2v) is 7.26. The smallest absolute Gasteiger partial charge is 0.225 e. The summed E-state index contributed by atoms with van der Waals surface area (Å²) < 4.78 is 1.03. The summed E-state index contributed by atoms with van der Waals surface area (Å²) in [5.41, 5.74) is 0.871. The average Bonchev–Trinajstić information content (AvgIpc) is 2.43. The van der Waals surface area contributed by atoms with Gasteiger partial charge in [-0.2, -0.15) is 11.8 Å². The molecule has 0 bridgehead atoms. The fourth-order valence-corrected chi connectivity index (χ4v) is 3.87. The molecule has 1 fully saturated rings. The number of carbonyl (C=O) groups excluding carboxylic acids is 1. The van der Waals surface area contributed by atoms with Crippen LogP contribution in [0.25, 0.3) is 0 Å². The van der Waals surface area contributed by atoms with Gasteiger partial charge >= 0.3 is 0 Å². The Balaban J connectivity index is 1.65. The summed E-state index contributed by atoms with van der Waals surface area (Å²) in [6.45, 7) is 0. The Morgan fingerprint density at radius 1 is 1.21 bits per heavy atom. The van der Waals surface area contributed by atoms with Gasteiger partial charge in [0.15, 0.2) is 0 Å². The average molecular weight is 342 g/mol. The predicted octanol–water partition coefficient (Wildman–Crippen LogP) is 4.84. The minimum atomic E-state index is 0.116. The molecule has 1 amide bonds. The van der Waals surface area contributed by atoms with Gasteiger partial charge in [0.2, 0.25) is 5.91 Å². The highest BCUT2D eigenvalue weighted by Crippen LogP contribution is 2.28. The van der Waals surface area contributed by atoms with E-state index < -0.39 is 0 Å². The van der Waals surface area contributed by atoms with E-state index in [4.69, 9.17) is 0 Å². The zero-order valence-corrected chi connectivity index (χ0v) is 13.4. The van der Waals surface area contributed by atoms with E-state index in [0.29, 0.717) is 6.42 Å². The maximum absolute atomic E-state index is 11.8. The van der Waals surface area contributed by atoms with Crippen molar-refractivity contribution in [3.63, 3.8) is 0 Å². The monoisotopic (exact) mass is 341 g/mol. The molecule has 2 rings (SSSR count). The van der Waals surface area contributed by atoms with Crippen LogP contribution in [0.5, 0.6) is 0 Å². The molecule has 1 aliphatic rings. The number of anilines is 1. The van der Waals surface area contributed by atoms with Gasteiger partial charge in [0.05, 0.1) is 0 Å². The van der Waals surface area contributed by atoms with E-state index in [1.807, 2.05) is 36.0 Å². The molecule has 0 spiro atoms. The van der Waals surface area contributed by atoms with E-state index in [1.165, 1.54) is 32.1 Å². The number of halogens is 1. The lowest BCUT2D eigenvalue weighted by molar-refractivity contribution is -0.115. The molecule has 2 nitrogen and oxygen atoms in total. The Hall–Kier alpha value is -0.480. The highest BCUT2D eigenvalue weighted by Gasteiger charge is 2.14. The van der Waals surface area contributed by atoms with Gasteiger partial charge in [0, 0.05) is 27.6 Å². The molecule has 1 aromatic carbocycles. The minimum absolute atomic E-state index is 0.116. The fourth-order valence-electron chi connectivity index (χ4n) is 2.31. The SMILES string of the molecule is O=C(CCSC1CCCCC1)Nc1ccc(Br)cc1. The van der Waals surface area contributed by atoms with E-state index in [9.17, 15) is 4.79 Å². The summed E-state index contributed by atoms with van der Waals surface area (Å²) in [6, 6.07) is 7.70. The molecule has 1 N–H and O–H groups in total. The van der Waals surface area contributed by atoms with Crippen LogP contribution in [0, 0.1) is 0 Å². The van der Waals surface area contributed by atoms with Gasteiger partial charge in [-0.3, -0.25) is 4.79 Å². The Morgan fingerprint density at radius 3 is 2.58 bits per heavy atom. The summed E-state index contributed by atoms with van der Waals surface area (Å²) in [5, 5.41) is 3.72. The van der Waals surface area contributed by atoms with Crippen LogP contribution in [0.1, 0.15) is 38.5 Å². The third-order valence-electron chi connectivity index (χ3n) is 3.36. The van der Waals surface area contributed by atoms with Crippen LogP contribution in [-0.2, 0) is 4.79 Å². The zero-order chi connectivity index (χ0) is 13.5. The molecule has 1 saturated carbocycles. The molecule has 0 aromatic heterocycles. The van der Waals surface area contributed by atoms with Gasteiger partial charge in [-0.25, -0.2) is 0 Å². The quantitative estimate of drug-likeness (QED) is 0.829. The Morgan fingerprint density at radius 2 is 1.89 bits per heavy atom. The van der Waals surface area contributed by atoms with Crippen LogP contribution in [0.3, 0.4) is 0 Å². The van der Waals surface area contributed by atoms with E-state index in [1.54, 1.807) is 0 Å². The summed E-state index contributed by atoms with van der Waals surface area (Å²) >= 11 is 5.35. The molecule has 0 radical (unpaired) electrons. The van der Waals surface area contributed by atoms with Gasteiger partial charge in [0.1, 0.15) is 0 Å². The van der Waals surface area contributed by atoms with Gasteiger partial charge in [-0.05, 0) is 37.1 Å². The molecule has 4 heteroatoms. The van der Waals surface area contributed by atoms with Gasteiger partial charge in [-0.15, -0.1) is 0 Å². The number of rotatable bonds is 5. The normalized spacial score (nSPS) is 16.3. The predicted molar refractivity (Wildman–Crippen MR) is 86.7 cm³/mol. The number of hydrogen-bond acceptors (Lipinski definition) is 2. The van der Waals surface area contributed by atoms with Crippen LogP contribution >= 0.6 is 27.7 Å². The number of nitrogens with one attached hydrogen (secondary N) is 1. The van der Waals surface area contributed by atoms with Gasteiger partial charge < -0.3 is 5.32 Å². The topological polar surface area (TPSA) is 29.1 Å². The van der Waals surface area contributed by atoms with Crippen LogP contribution in [0.15, 0.2) is 28.7 Å². The molecule has 104 valence electrons. The van der Waals surface area contributed by atoms with E-state index in [0.717, 1.165) is 21.2 Å². The van der Waals surface area contributed by atoms with Crippen molar-refractivity contribution in [3.8, 4) is 0 Å². The number of hydrogen-bond donors (Lipinski definition) is 1. The molecule has 1 aromatic rings. The van der Waals surface area contributed by atoms with E-state index in [-0.39, 0.29) is 5.91 Å². The third kappa shape index (κ3) is 5.57. The van der Waals surface area contributed by atoms with Crippen molar-refractivity contribution in [1.82, 2.24) is 0 Å².